The van der Waals surface area contributed by atoms with Gasteiger partial charge in [0.2, 0.25) is 10.0 Å². The van der Waals surface area contributed by atoms with Crippen LogP contribution in [0.3, 0.4) is 0 Å². The van der Waals surface area contributed by atoms with Gasteiger partial charge in [-0.1, -0.05) is 6.07 Å². The van der Waals surface area contributed by atoms with Crippen LogP contribution in [-0.4, -0.2) is 26.7 Å². The molecule has 0 spiro atoms. The highest BCUT2D eigenvalue weighted by atomic mass is 32.2. The molecule has 1 unspecified atom stereocenters. The van der Waals surface area contributed by atoms with Crippen LogP contribution in [0.2, 0.25) is 0 Å². The van der Waals surface area contributed by atoms with E-state index in [9.17, 15) is 12.8 Å². The Morgan fingerprint density at radius 1 is 1.44 bits per heavy atom. The van der Waals surface area contributed by atoms with E-state index < -0.39 is 21.8 Å². The van der Waals surface area contributed by atoms with Gasteiger partial charge in [-0.2, -0.15) is 0 Å². The number of sulfonamides is 1. The van der Waals surface area contributed by atoms with E-state index in [1.807, 2.05) is 0 Å². The predicted octanol–water partition coefficient (Wildman–Crippen LogP) is -0.492. The summed E-state index contributed by atoms with van der Waals surface area (Å²) in [6.07, 6.45) is 0. The number of nitrogens with two attached hydrogens (primary N) is 2. The van der Waals surface area contributed by atoms with E-state index in [1.54, 1.807) is 0 Å². The molecule has 0 heterocycles. The van der Waals surface area contributed by atoms with Gasteiger partial charge in [-0.25, -0.2) is 17.9 Å². The summed E-state index contributed by atoms with van der Waals surface area (Å²) in [5.74, 6) is -1.29. The maximum Gasteiger partial charge on any atom is 0.238 e. The van der Waals surface area contributed by atoms with E-state index in [4.69, 9.17) is 16.0 Å². The van der Waals surface area contributed by atoms with Crippen molar-refractivity contribution in [2.75, 3.05) is 13.2 Å². The predicted molar refractivity (Wildman–Crippen MR) is 56.7 cm³/mol. The fourth-order valence-electron chi connectivity index (χ4n) is 1.32. The highest BCUT2D eigenvalue weighted by molar-refractivity contribution is 7.89. The standard InChI is InChI=1S/C9H13FN2O3S/c10-9-3-7(16(12,14)15)1-2-8(9)6(4-11)5-13/h1-3,6,13H,4-5,11H2,(H2,12,14,15). The molecule has 7 heteroatoms. The summed E-state index contributed by atoms with van der Waals surface area (Å²) in [5.41, 5.74) is 5.52. The third kappa shape index (κ3) is 2.76. The van der Waals surface area contributed by atoms with Crippen LogP contribution in [0, 0.1) is 5.82 Å². The highest BCUT2D eigenvalue weighted by Gasteiger charge is 2.16. The van der Waals surface area contributed by atoms with Gasteiger partial charge in [-0.05, 0) is 17.7 Å². The van der Waals surface area contributed by atoms with Crippen LogP contribution in [0.25, 0.3) is 0 Å². The van der Waals surface area contributed by atoms with Crippen molar-refractivity contribution in [2.45, 2.75) is 10.8 Å². The largest absolute Gasteiger partial charge is 0.396 e. The molecule has 1 rings (SSSR count). The number of halogens is 1. The van der Waals surface area contributed by atoms with Crippen LogP contribution in [-0.2, 0) is 10.0 Å². The third-order valence-corrected chi connectivity index (χ3v) is 3.16. The van der Waals surface area contributed by atoms with Crippen molar-refractivity contribution in [3.8, 4) is 0 Å². The molecular weight excluding hydrogens is 235 g/mol. The molecule has 0 aliphatic carbocycles. The minimum Gasteiger partial charge on any atom is -0.396 e. The molecule has 90 valence electrons. The van der Waals surface area contributed by atoms with Gasteiger partial charge < -0.3 is 10.8 Å². The Hall–Kier alpha value is -1.02. The number of hydrogen-bond acceptors (Lipinski definition) is 4. The normalized spacial score (nSPS) is 13.8. The molecule has 5 N–H and O–H groups in total. The van der Waals surface area contributed by atoms with Gasteiger partial charge in [0.05, 0.1) is 11.5 Å². The lowest BCUT2D eigenvalue weighted by atomic mass is 10.00. The van der Waals surface area contributed by atoms with Crippen molar-refractivity contribution in [1.82, 2.24) is 0 Å². The van der Waals surface area contributed by atoms with Gasteiger partial charge in [0.1, 0.15) is 5.82 Å². The van der Waals surface area contributed by atoms with Crippen LogP contribution < -0.4 is 10.9 Å². The van der Waals surface area contributed by atoms with Crippen molar-refractivity contribution in [3.05, 3.63) is 29.6 Å². The van der Waals surface area contributed by atoms with Crippen molar-refractivity contribution in [2.24, 2.45) is 10.9 Å². The highest BCUT2D eigenvalue weighted by Crippen LogP contribution is 2.20. The molecule has 1 aromatic rings. The maximum absolute atomic E-state index is 13.5. The Morgan fingerprint density at radius 3 is 2.44 bits per heavy atom. The molecule has 0 aliphatic rings. The molecule has 0 aromatic heterocycles. The lowest BCUT2D eigenvalue weighted by Gasteiger charge is -2.13. The Balaban J connectivity index is 3.19. The Morgan fingerprint density at radius 2 is 2.06 bits per heavy atom. The summed E-state index contributed by atoms with van der Waals surface area (Å²) in [6, 6.07) is 3.28. The SMILES string of the molecule is NCC(CO)c1ccc(S(N)(=O)=O)cc1F. The second kappa shape index (κ2) is 4.88. The van der Waals surface area contributed by atoms with Crippen LogP contribution >= 0.6 is 0 Å². The summed E-state index contributed by atoms with van der Waals surface area (Å²) in [6.45, 7) is -0.232. The summed E-state index contributed by atoms with van der Waals surface area (Å²) in [5, 5.41) is 13.8. The maximum atomic E-state index is 13.5. The zero-order valence-electron chi connectivity index (χ0n) is 8.43. The minimum atomic E-state index is -3.91. The second-order valence-electron chi connectivity index (χ2n) is 3.34. The van der Waals surface area contributed by atoms with E-state index in [0.717, 1.165) is 6.07 Å². The monoisotopic (exact) mass is 248 g/mol. The molecule has 1 aromatic carbocycles. The van der Waals surface area contributed by atoms with E-state index in [0.29, 0.717) is 0 Å². The molecule has 0 aliphatic heterocycles. The van der Waals surface area contributed by atoms with Gasteiger partial charge in [-0.15, -0.1) is 0 Å². The number of aliphatic hydroxyl groups is 1. The number of benzene rings is 1. The first kappa shape index (κ1) is 13.0. The van der Waals surface area contributed by atoms with Gasteiger partial charge in [0, 0.05) is 12.5 Å². The Bertz CT molecular complexity index is 472. The smallest absolute Gasteiger partial charge is 0.238 e. The fourth-order valence-corrected chi connectivity index (χ4v) is 1.84. The van der Waals surface area contributed by atoms with Gasteiger partial charge in [0.15, 0.2) is 0 Å². The van der Waals surface area contributed by atoms with Crippen LogP contribution in [0.1, 0.15) is 11.5 Å². The van der Waals surface area contributed by atoms with E-state index in [-0.39, 0.29) is 23.6 Å². The van der Waals surface area contributed by atoms with Gasteiger partial charge in [0.25, 0.3) is 0 Å². The zero-order chi connectivity index (χ0) is 12.3. The van der Waals surface area contributed by atoms with Crippen molar-refractivity contribution < 1.29 is 17.9 Å². The Kier molecular flexibility index (Phi) is 3.98. The van der Waals surface area contributed by atoms with Crippen molar-refractivity contribution in [1.29, 1.82) is 0 Å². The van der Waals surface area contributed by atoms with E-state index in [1.165, 1.54) is 12.1 Å². The van der Waals surface area contributed by atoms with E-state index in [2.05, 4.69) is 0 Å². The molecule has 0 saturated heterocycles. The quantitative estimate of drug-likeness (QED) is 0.668. The first-order valence-electron chi connectivity index (χ1n) is 4.53. The average molecular weight is 248 g/mol. The van der Waals surface area contributed by atoms with Crippen molar-refractivity contribution >= 4 is 10.0 Å². The second-order valence-corrected chi connectivity index (χ2v) is 4.90. The molecule has 5 nitrogen and oxygen atoms in total. The lowest BCUT2D eigenvalue weighted by molar-refractivity contribution is 0.265. The van der Waals surface area contributed by atoms with Crippen LogP contribution in [0.15, 0.2) is 23.1 Å². The minimum absolute atomic E-state index is 0.0716. The molecule has 0 amide bonds. The third-order valence-electron chi connectivity index (χ3n) is 2.25. The molecule has 16 heavy (non-hydrogen) atoms. The summed E-state index contributed by atoms with van der Waals surface area (Å²) in [4.78, 5) is -0.303. The van der Waals surface area contributed by atoms with E-state index >= 15 is 0 Å². The van der Waals surface area contributed by atoms with Crippen LogP contribution in [0.5, 0.6) is 0 Å². The summed E-state index contributed by atoms with van der Waals surface area (Å²) in [7, 11) is -3.91. The first-order valence-corrected chi connectivity index (χ1v) is 6.08. The average Bonchev–Trinajstić information content (AvgIpc) is 2.20. The van der Waals surface area contributed by atoms with Crippen molar-refractivity contribution in [3.63, 3.8) is 0 Å². The zero-order valence-corrected chi connectivity index (χ0v) is 9.24. The molecule has 1 atom stereocenters. The number of hydrogen-bond donors (Lipinski definition) is 3. The summed E-state index contributed by atoms with van der Waals surface area (Å²) < 4.78 is 35.4. The molecule has 0 bridgehead atoms. The molecule has 0 saturated carbocycles. The number of rotatable bonds is 4. The lowest BCUT2D eigenvalue weighted by Crippen LogP contribution is -2.18. The number of aliphatic hydroxyl groups excluding tert-OH is 1. The topological polar surface area (TPSA) is 106 Å². The molecular formula is C9H13FN2O3S. The fraction of sp³-hybridized carbons (Fsp3) is 0.333. The summed E-state index contributed by atoms with van der Waals surface area (Å²) >= 11 is 0. The molecule has 0 fully saturated rings. The van der Waals surface area contributed by atoms with Gasteiger partial charge in [-0.3, -0.25) is 0 Å². The first-order chi connectivity index (χ1) is 7.40. The number of primary sulfonamides is 1. The van der Waals surface area contributed by atoms with Crippen LogP contribution in [0.4, 0.5) is 4.39 Å². The molecule has 0 radical (unpaired) electrons. The van der Waals surface area contributed by atoms with Gasteiger partial charge >= 0.3 is 0 Å². The Labute approximate surface area is 92.9 Å².